The molecule has 0 fully saturated rings. The molecule has 5 heteroatoms. The SMILES string of the molecule is Cc1cc(F)ccc1-c1ccc2nc3[nH]c(=O)[nH]c3cc2c1. The average Bonchev–Trinajstić information content (AvgIpc) is 2.83. The van der Waals surface area contributed by atoms with E-state index in [0.29, 0.717) is 11.2 Å². The summed E-state index contributed by atoms with van der Waals surface area (Å²) in [5.41, 5.74) is 4.59. The molecular formula is C17H12FN3O. The Balaban J connectivity index is 1.95. The van der Waals surface area contributed by atoms with Crippen molar-refractivity contribution in [3.63, 3.8) is 0 Å². The summed E-state index contributed by atoms with van der Waals surface area (Å²) in [6.45, 7) is 1.88. The molecule has 0 saturated heterocycles. The van der Waals surface area contributed by atoms with Crippen LogP contribution in [0, 0.1) is 12.7 Å². The van der Waals surface area contributed by atoms with Gasteiger partial charge >= 0.3 is 5.69 Å². The number of aromatic amines is 2. The Morgan fingerprint density at radius 2 is 1.91 bits per heavy atom. The fourth-order valence-corrected chi connectivity index (χ4v) is 2.75. The minimum atomic E-state index is -0.271. The lowest BCUT2D eigenvalue weighted by Crippen LogP contribution is -1.99. The van der Waals surface area contributed by atoms with Gasteiger partial charge in [0.15, 0.2) is 5.65 Å². The van der Waals surface area contributed by atoms with Crippen molar-refractivity contribution < 1.29 is 4.39 Å². The standard InChI is InChI=1S/C17H12FN3O/c1-9-6-12(18)3-4-13(9)10-2-5-14-11(7-10)8-15-16(19-14)21-17(22)20-15/h2-8H,1H3,(H2,19,20,21,22). The lowest BCUT2D eigenvalue weighted by atomic mass is 9.99. The van der Waals surface area contributed by atoms with E-state index in [2.05, 4.69) is 15.0 Å². The van der Waals surface area contributed by atoms with Gasteiger partial charge in [0.1, 0.15) is 5.82 Å². The first-order valence-corrected chi connectivity index (χ1v) is 6.89. The number of pyridine rings is 1. The van der Waals surface area contributed by atoms with E-state index in [4.69, 9.17) is 0 Å². The van der Waals surface area contributed by atoms with Crippen molar-refractivity contribution in [3.8, 4) is 11.1 Å². The molecule has 2 aromatic carbocycles. The summed E-state index contributed by atoms with van der Waals surface area (Å²) < 4.78 is 13.2. The quantitative estimate of drug-likeness (QED) is 0.564. The van der Waals surface area contributed by atoms with E-state index in [-0.39, 0.29) is 11.5 Å². The number of halogens is 1. The van der Waals surface area contributed by atoms with Gasteiger partial charge in [-0.25, -0.2) is 14.2 Å². The van der Waals surface area contributed by atoms with E-state index >= 15 is 0 Å². The lowest BCUT2D eigenvalue weighted by Gasteiger charge is -2.07. The van der Waals surface area contributed by atoms with Gasteiger partial charge in [-0.05, 0) is 53.9 Å². The molecule has 0 radical (unpaired) electrons. The van der Waals surface area contributed by atoms with Crippen molar-refractivity contribution in [1.29, 1.82) is 0 Å². The molecule has 0 aliphatic heterocycles. The van der Waals surface area contributed by atoms with Crippen molar-refractivity contribution >= 4 is 22.1 Å². The molecule has 108 valence electrons. The molecule has 0 spiro atoms. The first-order chi connectivity index (χ1) is 10.6. The van der Waals surface area contributed by atoms with Crippen molar-refractivity contribution in [2.45, 2.75) is 6.92 Å². The number of nitrogens with one attached hydrogen (secondary N) is 2. The Hall–Kier alpha value is -2.95. The molecule has 4 nitrogen and oxygen atoms in total. The molecule has 2 heterocycles. The molecule has 2 aromatic heterocycles. The number of benzene rings is 2. The summed E-state index contributed by atoms with van der Waals surface area (Å²) in [6, 6.07) is 12.5. The number of imidazole rings is 1. The average molecular weight is 293 g/mol. The lowest BCUT2D eigenvalue weighted by molar-refractivity contribution is 0.627. The summed E-state index contributed by atoms with van der Waals surface area (Å²) >= 11 is 0. The fraction of sp³-hybridized carbons (Fsp3) is 0.0588. The van der Waals surface area contributed by atoms with Crippen LogP contribution >= 0.6 is 0 Å². The number of H-pyrrole nitrogens is 2. The monoisotopic (exact) mass is 293 g/mol. The van der Waals surface area contributed by atoms with Crippen LogP contribution in [0.2, 0.25) is 0 Å². The van der Waals surface area contributed by atoms with Crippen LogP contribution < -0.4 is 5.69 Å². The minimum Gasteiger partial charge on any atom is -0.304 e. The van der Waals surface area contributed by atoms with Crippen LogP contribution in [0.25, 0.3) is 33.2 Å². The highest BCUT2D eigenvalue weighted by atomic mass is 19.1. The molecule has 0 atom stereocenters. The van der Waals surface area contributed by atoms with E-state index in [9.17, 15) is 9.18 Å². The molecule has 0 amide bonds. The van der Waals surface area contributed by atoms with Gasteiger partial charge in [0, 0.05) is 5.39 Å². The highest BCUT2D eigenvalue weighted by Gasteiger charge is 2.07. The largest absolute Gasteiger partial charge is 0.325 e. The number of hydrogen-bond donors (Lipinski definition) is 2. The number of aryl methyl sites for hydroxylation is 1. The second kappa shape index (κ2) is 4.53. The minimum absolute atomic E-state index is 0.240. The van der Waals surface area contributed by atoms with Crippen molar-refractivity contribution in [3.05, 3.63) is 64.3 Å². The van der Waals surface area contributed by atoms with Gasteiger partial charge < -0.3 is 4.98 Å². The third-order valence-electron chi connectivity index (χ3n) is 3.79. The van der Waals surface area contributed by atoms with Crippen molar-refractivity contribution in [2.24, 2.45) is 0 Å². The molecule has 0 unspecified atom stereocenters. The Morgan fingerprint density at radius 1 is 1.05 bits per heavy atom. The summed E-state index contributed by atoms with van der Waals surface area (Å²) in [5, 5.41) is 0.920. The van der Waals surface area contributed by atoms with Gasteiger partial charge in [-0.3, -0.25) is 4.98 Å². The van der Waals surface area contributed by atoms with Crippen LogP contribution in [0.3, 0.4) is 0 Å². The maximum Gasteiger partial charge on any atom is 0.325 e. The highest BCUT2D eigenvalue weighted by molar-refractivity contribution is 5.92. The van der Waals surface area contributed by atoms with Crippen LogP contribution in [0.5, 0.6) is 0 Å². The van der Waals surface area contributed by atoms with Crippen LogP contribution in [0.15, 0.2) is 47.3 Å². The normalized spacial score (nSPS) is 11.4. The Bertz CT molecular complexity index is 1080. The molecule has 22 heavy (non-hydrogen) atoms. The zero-order valence-electron chi connectivity index (χ0n) is 11.8. The number of rotatable bonds is 1. The van der Waals surface area contributed by atoms with E-state index in [1.807, 2.05) is 31.2 Å². The first kappa shape index (κ1) is 12.8. The number of aromatic nitrogens is 3. The van der Waals surface area contributed by atoms with Crippen molar-refractivity contribution in [1.82, 2.24) is 15.0 Å². The number of fused-ring (bicyclic) bond motifs is 2. The second-order valence-corrected chi connectivity index (χ2v) is 5.33. The van der Waals surface area contributed by atoms with Crippen LogP contribution in [0.4, 0.5) is 4.39 Å². The molecular weight excluding hydrogens is 281 g/mol. The molecule has 0 bridgehead atoms. The van der Waals surface area contributed by atoms with E-state index < -0.39 is 0 Å². The zero-order valence-corrected chi connectivity index (χ0v) is 11.8. The molecule has 0 aliphatic rings. The van der Waals surface area contributed by atoms with Crippen LogP contribution in [0.1, 0.15) is 5.56 Å². The number of nitrogens with zero attached hydrogens (tertiary/aromatic N) is 1. The maximum atomic E-state index is 13.2. The summed E-state index contributed by atoms with van der Waals surface area (Å²) in [5.74, 6) is -0.240. The number of hydrogen-bond acceptors (Lipinski definition) is 2. The van der Waals surface area contributed by atoms with Gasteiger partial charge in [-0.15, -0.1) is 0 Å². The van der Waals surface area contributed by atoms with Gasteiger partial charge in [-0.1, -0.05) is 12.1 Å². The fourth-order valence-electron chi connectivity index (χ4n) is 2.75. The molecule has 4 rings (SSSR count). The van der Waals surface area contributed by atoms with Crippen molar-refractivity contribution in [2.75, 3.05) is 0 Å². The van der Waals surface area contributed by atoms with E-state index in [1.165, 1.54) is 12.1 Å². The maximum absolute atomic E-state index is 13.2. The summed E-state index contributed by atoms with van der Waals surface area (Å²) in [4.78, 5) is 21.1. The van der Waals surface area contributed by atoms with Gasteiger partial charge in [0.2, 0.25) is 0 Å². The Kier molecular flexibility index (Phi) is 2.63. The molecule has 0 aliphatic carbocycles. The summed E-state index contributed by atoms with van der Waals surface area (Å²) in [7, 11) is 0. The summed E-state index contributed by atoms with van der Waals surface area (Å²) in [6.07, 6.45) is 0. The molecule has 2 N–H and O–H groups in total. The van der Waals surface area contributed by atoms with E-state index in [0.717, 1.165) is 27.6 Å². The first-order valence-electron chi connectivity index (χ1n) is 6.89. The Labute approximate surface area is 124 Å². The third kappa shape index (κ3) is 1.98. The predicted octanol–water partition coefficient (Wildman–Crippen LogP) is 3.52. The van der Waals surface area contributed by atoms with Crippen LogP contribution in [-0.2, 0) is 0 Å². The predicted molar refractivity (Wildman–Crippen MR) is 84.4 cm³/mol. The Morgan fingerprint density at radius 3 is 2.73 bits per heavy atom. The van der Waals surface area contributed by atoms with Gasteiger partial charge in [0.25, 0.3) is 0 Å². The molecule has 4 aromatic rings. The smallest absolute Gasteiger partial charge is 0.304 e. The van der Waals surface area contributed by atoms with E-state index in [1.54, 1.807) is 6.07 Å². The third-order valence-corrected chi connectivity index (χ3v) is 3.79. The molecule has 0 saturated carbocycles. The van der Waals surface area contributed by atoms with Crippen LogP contribution in [-0.4, -0.2) is 15.0 Å². The second-order valence-electron chi connectivity index (χ2n) is 5.33. The topological polar surface area (TPSA) is 61.5 Å². The van der Waals surface area contributed by atoms with Gasteiger partial charge in [-0.2, -0.15) is 0 Å². The zero-order chi connectivity index (χ0) is 15.3. The van der Waals surface area contributed by atoms with Gasteiger partial charge in [0.05, 0.1) is 11.0 Å². The highest BCUT2D eigenvalue weighted by Crippen LogP contribution is 2.27.